The molecule has 0 unspecified atom stereocenters. The van der Waals surface area contributed by atoms with Crippen LogP contribution >= 0.6 is 31.4 Å². The van der Waals surface area contributed by atoms with E-state index in [4.69, 9.17) is 32.9 Å². The van der Waals surface area contributed by atoms with E-state index in [9.17, 15) is 4.57 Å². The number of thiocarbonyl (C=S) groups is 1. The van der Waals surface area contributed by atoms with Crippen molar-refractivity contribution in [3.05, 3.63) is 29.3 Å². The Morgan fingerprint density at radius 2 is 1.81 bits per heavy atom. The second-order valence-corrected chi connectivity index (χ2v) is 6.12. The van der Waals surface area contributed by atoms with Crippen molar-refractivity contribution in [2.75, 3.05) is 19.5 Å². The monoisotopic (exact) mass is 279 g/mol. The molecule has 0 bridgehead atoms. The highest BCUT2D eigenvalue weighted by atomic mass is 35.5. The summed E-state index contributed by atoms with van der Waals surface area (Å²) < 4.78 is 21.4. The topological polar surface area (TPSA) is 47.6 Å². The average Bonchev–Trinajstić information content (AvgIpc) is 2.31. The summed E-state index contributed by atoms with van der Waals surface area (Å²) in [6.45, 7) is 0. The van der Waals surface area contributed by atoms with E-state index in [1.54, 1.807) is 24.3 Å². The first kappa shape index (κ1) is 13.6. The molecule has 0 aliphatic rings. The van der Waals surface area contributed by atoms with E-state index in [0.29, 0.717) is 10.7 Å². The van der Waals surface area contributed by atoms with Crippen LogP contribution in [-0.4, -0.2) is 18.9 Å². The van der Waals surface area contributed by atoms with E-state index in [1.807, 2.05) is 0 Å². The van der Waals surface area contributed by atoms with Crippen LogP contribution in [0.15, 0.2) is 24.3 Å². The van der Waals surface area contributed by atoms with E-state index in [2.05, 4.69) is 5.32 Å². The summed E-state index contributed by atoms with van der Waals surface area (Å²) >= 11 is 10.7. The molecule has 0 amide bonds. The van der Waals surface area contributed by atoms with Crippen molar-refractivity contribution in [2.45, 2.75) is 0 Å². The van der Waals surface area contributed by atoms with Gasteiger partial charge in [0.1, 0.15) is 0 Å². The molecule has 88 valence electrons. The van der Waals surface area contributed by atoms with Crippen LogP contribution in [0.3, 0.4) is 0 Å². The molecule has 7 heteroatoms. The molecule has 16 heavy (non-hydrogen) atoms. The third kappa shape index (κ3) is 3.27. The summed E-state index contributed by atoms with van der Waals surface area (Å²) in [7, 11) is -0.806. The predicted octanol–water partition coefficient (Wildman–Crippen LogP) is 3.52. The fourth-order valence-electron chi connectivity index (χ4n) is 0.966. The molecule has 0 spiro atoms. The summed E-state index contributed by atoms with van der Waals surface area (Å²) in [4.78, 5) is 0. The summed E-state index contributed by atoms with van der Waals surface area (Å²) in [5.74, 6) is 0. The van der Waals surface area contributed by atoms with Gasteiger partial charge in [-0.15, -0.1) is 0 Å². The number of halogens is 1. The zero-order valence-corrected chi connectivity index (χ0v) is 11.2. The van der Waals surface area contributed by atoms with Crippen molar-refractivity contribution in [3.63, 3.8) is 0 Å². The van der Waals surface area contributed by atoms with Crippen molar-refractivity contribution in [3.8, 4) is 0 Å². The maximum absolute atomic E-state index is 11.8. The normalized spacial score (nSPS) is 11.2. The summed E-state index contributed by atoms with van der Waals surface area (Å²) in [5.41, 5.74) is 0.670. The number of rotatable bonds is 4. The second kappa shape index (κ2) is 5.75. The van der Waals surface area contributed by atoms with Gasteiger partial charge in [0.05, 0.1) is 0 Å². The molecular weight excluding hydrogens is 269 g/mol. The first-order chi connectivity index (χ1) is 7.51. The molecule has 1 N–H and O–H groups in total. The van der Waals surface area contributed by atoms with Crippen LogP contribution in [0.5, 0.6) is 0 Å². The zero-order chi connectivity index (χ0) is 12.2. The molecular formula is C9H11ClNO3PS. The van der Waals surface area contributed by atoms with Gasteiger partial charge in [-0.3, -0.25) is 4.57 Å². The Kier molecular flexibility index (Phi) is 4.89. The highest BCUT2D eigenvalue weighted by Gasteiger charge is 2.27. The Labute approximate surface area is 104 Å². The minimum absolute atomic E-state index is 0.0137. The maximum atomic E-state index is 11.8. The van der Waals surface area contributed by atoms with Crippen molar-refractivity contribution in [2.24, 2.45) is 0 Å². The van der Waals surface area contributed by atoms with Gasteiger partial charge in [-0.25, -0.2) is 0 Å². The number of hydrogen-bond acceptors (Lipinski definition) is 4. The molecule has 0 heterocycles. The minimum atomic E-state index is -3.36. The maximum Gasteiger partial charge on any atom is 0.387 e. The average molecular weight is 280 g/mol. The van der Waals surface area contributed by atoms with Crippen LogP contribution < -0.4 is 5.32 Å². The van der Waals surface area contributed by atoms with Crippen LogP contribution in [0.4, 0.5) is 5.69 Å². The smallest absolute Gasteiger partial charge is 0.340 e. The summed E-state index contributed by atoms with van der Waals surface area (Å²) in [6, 6.07) is 6.81. The van der Waals surface area contributed by atoms with Crippen LogP contribution in [-0.2, 0) is 13.6 Å². The quantitative estimate of drug-likeness (QED) is 0.675. The van der Waals surface area contributed by atoms with Gasteiger partial charge in [-0.2, -0.15) is 0 Å². The molecule has 0 atom stereocenters. The van der Waals surface area contributed by atoms with Gasteiger partial charge in [0.2, 0.25) is 0 Å². The lowest BCUT2D eigenvalue weighted by Crippen LogP contribution is -2.11. The molecule has 0 aliphatic carbocycles. The molecule has 0 aromatic heterocycles. The van der Waals surface area contributed by atoms with E-state index in [1.165, 1.54) is 14.2 Å². The lowest BCUT2D eigenvalue weighted by atomic mass is 10.3. The van der Waals surface area contributed by atoms with Gasteiger partial charge < -0.3 is 14.4 Å². The molecule has 0 radical (unpaired) electrons. The molecule has 0 saturated carbocycles. The summed E-state index contributed by atoms with van der Waals surface area (Å²) in [6.07, 6.45) is 0. The fraction of sp³-hybridized carbons (Fsp3) is 0.222. The van der Waals surface area contributed by atoms with Crippen LogP contribution in [0.1, 0.15) is 0 Å². The first-order valence-corrected chi connectivity index (χ1v) is 6.63. The molecule has 1 rings (SSSR count). The SMILES string of the molecule is COP(=O)(OC)C(=S)Nc1ccc(Cl)cc1. The predicted molar refractivity (Wildman–Crippen MR) is 69.3 cm³/mol. The standard InChI is InChI=1S/C9H11ClNO3PS/c1-13-15(12,14-2)9(16)11-8-5-3-7(10)4-6-8/h3-6H,1-2H3,(H,11,16). The zero-order valence-electron chi connectivity index (χ0n) is 8.77. The van der Waals surface area contributed by atoms with Gasteiger partial charge in [-0.1, -0.05) is 23.8 Å². The van der Waals surface area contributed by atoms with Crippen molar-refractivity contribution < 1.29 is 13.6 Å². The van der Waals surface area contributed by atoms with E-state index >= 15 is 0 Å². The Morgan fingerprint density at radius 1 is 1.31 bits per heavy atom. The minimum Gasteiger partial charge on any atom is -0.340 e. The number of nitrogens with one attached hydrogen (secondary N) is 1. The van der Waals surface area contributed by atoms with Crippen molar-refractivity contribution in [1.29, 1.82) is 0 Å². The number of hydrogen-bond donors (Lipinski definition) is 1. The van der Waals surface area contributed by atoms with Gasteiger partial charge >= 0.3 is 7.60 Å². The molecule has 1 aromatic rings. The van der Waals surface area contributed by atoms with Crippen molar-refractivity contribution >= 4 is 41.8 Å². The Bertz CT molecular complexity index is 415. The molecule has 0 fully saturated rings. The third-order valence-corrected chi connectivity index (χ3v) is 4.42. The first-order valence-electron chi connectivity index (χ1n) is 4.30. The number of benzene rings is 1. The lowest BCUT2D eigenvalue weighted by Gasteiger charge is -2.15. The molecule has 4 nitrogen and oxygen atoms in total. The lowest BCUT2D eigenvalue weighted by molar-refractivity contribution is 0.291. The van der Waals surface area contributed by atoms with E-state index < -0.39 is 7.60 Å². The highest BCUT2D eigenvalue weighted by molar-refractivity contribution is 7.98. The molecule has 0 aliphatic heterocycles. The van der Waals surface area contributed by atoms with Crippen LogP contribution in [0.25, 0.3) is 0 Å². The highest BCUT2D eigenvalue weighted by Crippen LogP contribution is 2.48. The van der Waals surface area contributed by atoms with Crippen LogP contribution in [0, 0.1) is 0 Å². The van der Waals surface area contributed by atoms with Crippen molar-refractivity contribution in [1.82, 2.24) is 0 Å². The Balaban J connectivity index is 2.78. The number of anilines is 1. The van der Waals surface area contributed by atoms with Gasteiger partial charge in [0.25, 0.3) is 0 Å². The fourth-order valence-corrected chi connectivity index (χ4v) is 2.40. The van der Waals surface area contributed by atoms with Crippen LogP contribution in [0.2, 0.25) is 5.02 Å². The third-order valence-electron chi connectivity index (χ3n) is 1.82. The van der Waals surface area contributed by atoms with E-state index in [-0.39, 0.29) is 4.73 Å². The Morgan fingerprint density at radius 3 is 2.25 bits per heavy atom. The van der Waals surface area contributed by atoms with Gasteiger partial charge in [0, 0.05) is 24.9 Å². The van der Waals surface area contributed by atoms with Gasteiger partial charge in [-0.05, 0) is 24.3 Å². The summed E-state index contributed by atoms with van der Waals surface area (Å²) in [5, 5.41) is 3.38. The second-order valence-electron chi connectivity index (χ2n) is 2.80. The van der Waals surface area contributed by atoms with Gasteiger partial charge in [0.15, 0.2) is 4.73 Å². The molecule has 1 aromatic carbocycles. The largest absolute Gasteiger partial charge is 0.387 e. The molecule has 0 saturated heterocycles. The van der Waals surface area contributed by atoms with E-state index in [0.717, 1.165) is 0 Å². The Hall–Kier alpha value is -0.450.